The summed E-state index contributed by atoms with van der Waals surface area (Å²) >= 11 is 17.3. The molecule has 0 saturated carbocycles. The molecule has 29 heteroatoms. The van der Waals surface area contributed by atoms with Gasteiger partial charge in [-0.25, -0.2) is 28.1 Å². The molecule has 0 unspecified atom stereocenters. The van der Waals surface area contributed by atoms with Crippen LogP contribution in [0.25, 0.3) is 0 Å². The van der Waals surface area contributed by atoms with E-state index in [1.54, 1.807) is 42.5 Å². The van der Waals surface area contributed by atoms with Crippen LogP contribution in [-0.4, -0.2) is 85.4 Å². The van der Waals surface area contributed by atoms with Crippen LogP contribution in [0.1, 0.15) is 78.8 Å². The lowest BCUT2D eigenvalue weighted by Gasteiger charge is -2.12. The number of anilines is 6. The molecule has 9 aromatic rings. The molecule has 0 bridgehead atoms. The third-order valence-corrected chi connectivity index (χ3v) is 12.8. The van der Waals surface area contributed by atoms with Crippen molar-refractivity contribution in [2.75, 3.05) is 38.9 Å². The molecule has 0 aliphatic heterocycles. The molecule has 23 nitrogen and oxygen atoms in total. The van der Waals surface area contributed by atoms with E-state index in [0.29, 0.717) is 32.0 Å². The number of carbonyl (C=O) groups excluding carboxylic acids is 6. The van der Waals surface area contributed by atoms with E-state index < -0.39 is 52.9 Å². The molecule has 456 valence electrons. The lowest BCUT2D eigenvalue weighted by Crippen LogP contribution is -2.20. The van der Waals surface area contributed by atoms with Gasteiger partial charge in [0.1, 0.15) is 40.7 Å². The van der Waals surface area contributed by atoms with Crippen molar-refractivity contribution in [3.8, 4) is 0 Å². The van der Waals surface area contributed by atoms with Gasteiger partial charge in [-0.2, -0.15) is 0 Å². The number of hydrogen-bond donors (Lipinski definition) is 11. The maximum Gasteiger partial charge on any atom is 0.259 e. The van der Waals surface area contributed by atoms with E-state index >= 15 is 0 Å². The molecule has 3 aromatic heterocycles. The Kier molecular flexibility index (Phi) is 22.7. The molecule has 90 heavy (non-hydrogen) atoms. The third-order valence-electron chi connectivity index (χ3n) is 12.1. The summed E-state index contributed by atoms with van der Waals surface area (Å²) in [7, 11) is 1.48. The first-order valence-electron chi connectivity index (χ1n) is 25.7. The van der Waals surface area contributed by atoms with Crippen molar-refractivity contribution in [2.24, 2.45) is 32.5 Å². The predicted octanol–water partition coefficient (Wildman–Crippen LogP) is 10.7. The number of benzene rings is 6. The Morgan fingerprint density at radius 1 is 0.389 bits per heavy atom. The van der Waals surface area contributed by atoms with E-state index in [9.17, 15) is 41.9 Å². The van der Waals surface area contributed by atoms with Crippen LogP contribution in [-0.2, 0) is 0 Å². The van der Waals surface area contributed by atoms with Gasteiger partial charge in [-0.15, -0.1) is 0 Å². The number of aromatic nitrogens is 3. The minimum absolute atomic E-state index is 0.0895. The first kappa shape index (κ1) is 65.8. The van der Waals surface area contributed by atoms with Crippen LogP contribution in [0.4, 0.5) is 47.7 Å². The summed E-state index contributed by atoms with van der Waals surface area (Å²) in [6.07, 6.45) is 4.13. The van der Waals surface area contributed by atoms with Gasteiger partial charge in [0.25, 0.3) is 35.4 Å². The number of nitrogens with two attached hydrogens (primary N) is 3. The molecule has 14 N–H and O–H groups in total. The summed E-state index contributed by atoms with van der Waals surface area (Å²) in [6.45, 7) is 0. The Morgan fingerprint density at radius 3 is 1.14 bits per heavy atom. The standard InChI is InChI=1S/C21H17ClFN5O2.2C20H15ClFN5O3/c1-25-19(24)12-6-8-14(16(23)10-12)20(29)27-17-5-3-2-4-15(17)21(30)28-18-9-7-13(22)11-26-18;21-13-5-8-17(24-10-13)26-20(29)15-9-14(22)6-7-16(15)25-19(28)12-3-1-11(2-4-12)18(23)27-30;21-12-6-8-17(24-10-12)26-20(29)14-3-1-2-4-16(14)25-19(28)13-7-5-11(9-15(13)22)18(23)27-30/h2-11H,1H3,(H2,24,25)(H,27,29)(H,26,28,30);2*1-10,30H,(H2,23,27)(H,25,28)(H,24,26,29). The summed E-state index contributed by atoms with van der Waals surface area (Å²) in [6, 6.07) is 38.6. The Balaban J connectivity index is 0.000000192. The molecular formula is C61H47Cl3F3N15O8. The molecule has 6 amide bonds. The fraction of sp³-hybridized carbons (Fsp3) is 0.0164. The predicted molar refractivity (Wildman–Crippen MR) is 336 cm³/mol. The highest BCUT2D eigenvalue weighted by molar-refractivity contribution is 6.31. The molecule has 3 heterocycles. The second-order valence-corrected chi connectivity index (χ2v) is 19.4. The van der Waals surface area contributed by atoms with Crippen LogP contribution < -0.4 is 49.1 Å². The summed E-state index contributed by atoms with van der Waals surface area (Å²) < 4.78 is 42.5. The number of amidine groups is 3. The highest BCUT2D eigenvalue weighted by Gasteiger charge is 2.21. The number of oxime groups is 2. The van der Waals surface area contributed by atoms with Gasteiger partial charge in [-0.1, -0.05) is 93.6 Å². The number of hydrogen-bond acceptors (Lipinski definition) is 14. The summed E-state index contributed by atoms with van der Waals surface area (Å²) in [4.78, 5) is 91.2. The van der Waals surface area contributed by atoms with Gasteiger partial charge in [0.15, 0.2) is 11.7 Å². The average molecular weight is 1280 g/mol. The van der Waals surface area contributed by atoms with Crippen LogP contribution in [0, 0.1) is 17.5 Å². The van der Waals surface area contributed by atoms with E-state index in [-0.39, 0.29) is 85.1 Å². The van der Waals surface area contributed by atoms with Crippen molar-refractivity contribution < 1.29 is 52.4 Å². The molecule has 0 spiro atoms. The van der Waals surface area contributed by atoms with E-state index in [1.165, 1.54) is 123 Å². The Hall–Kier alpha value is -11.7. The Labute approximate surface area is 523 Å². The van der Waals surface area contributed by atoms with Crippen molar-refractivity contribution in [1.82, 2.24) is 15.0 Å². The lowest BCUT2D eigenvalue weighted by atomic mass is 10.1. The fourth-order valence-electron chi connectivity index (χ4n) is 7.62. The average Bonchev–Trinajstić information content (AvgIpc) is 1.60. The van der Waals surface area contributed by atoms with Gasteiger partial charge in [-0.3, -0.25) is 33.8 Å². The van der Waals surface area contributed by atoms with Crippen LogP contribution in [0.15, 0.2) is 198 Å². The Bertz CT molecular complexity index is 4060. The third kappa shape index (κ3) is 17.9. The van der Waals surface area contributed by atoms with E-state index in [0.717, 1.165) is 24.3 Å². The molecule has 6 aromatic carbocycles. The maximum absolute atomic E-state index is 14.4. The number of pyridine rings is 3. The van der Waals surface area contributed by atoms with E-state index in [2.05, 4.69) is 62.2 Å². The zero-order chi connectivity index (χ0) is 65.0. The van der Waals surface area contributed by atoms with Crippen molar-refractivity contribution in [1.29, 1.82) is 0 Å². The minimum Gasteiger partial charge on any atom is -0.409 e. The van der Waals surface area contributed by atoms with Gasteiger partial charge < -0.3 is 59.5 Å². The van der Waals surface area contributed by atoms with Gasteiger partial charge in [-0.05, 0) is 115 Å². The number of rotatable bonds is 15. The van der Waals surface area contributed by atoms with Gasteiger partial charge >= 0.3 is 0 Å². The second-order valence-electron chi connectivity index (χ2n) is 18.1. The van der Waals surface area contributed by atoms with Crippen molar-refractivity contribution in [3.05, 3.63) is 265 Å². The number of para-hydroxylation sites is 2. The molecule has 9 rings (SSSR count). The smallest absolute Gasteiger partial charge is 0.259 e. The molecule has 0 radical (unpaired) electrons. The Morgan fingerprint density at radius 2 is 0.744 bits per heavy atom. The van der Waals surface area contributed by atoms with Crippen molar-refractivity contribution in [2.45, 2.75) is 0 Å². The number of nitrogens with zero attached hydrogens (tertiary/aromatic N) is 6. The largest absolute Gasteiger partial charge is 0.409 e. The number of nitrogens with one attached hydrogen (secondary N) is 6. The minimum atomic E-state index is -0.871. The molecule has 0 aliphatic carbocycles. The summed E-state index contributed by atoms with van der Waals surface area (Å²) in [5.74, 6) is -5.45. The molecular weight excluding hydrogens is 1230 g/mol. The van der Waals surface area contributed by atoms with Crippen LogP contribution >= 0.6 is 34.8 Å². The molecule has 0 fully saturated rings. The first-order valence-corrected chi connectivity index (χ1v) is 26.9. The van der Waals surface area contributed by atoms with Crippen LogP contribution in [0.3, 0.4) is 0 Å². The summed E-state index contributed by atoms with van der Waals surface area (Å²) in [5, 5.41) is 39.6. The van der Waals surface area contributed by atoms with E-state index in [4.69, 9.17) is 62.4 Å². The number of aliphatic imine (C=N–C) groups is 1. The first-order chi connectivity index (χ1) is 43.1. The highest BCUT2D eigenvalue weighted by Crippen LogP contribution is 2.24. The molecule has 0 atom stereocenters. The monoisotopic (exact) mass is 1280 g/mol. The highest BCUT2D eigenvalue weighted by atomic mass is 35.5. The van der Waals surface area contributed by atoms with Gasteiger partial charge in [0.05, 0.1) is 59.9 Å². The summed E-state index contributed by atoms with van der Waals surface area (Å²) in [5.41, 5.74) is 18.0. The zero-order valence-corrected chi connectivity index (χ0v) is 48.6. The zero-order valence-electron chi connectivity index (χ0n) is 46.3. The SMILES string of the molecule is CN=C(N)c1ccc(C(=O)Nc2ccccc2C(=O)Nc2ccc(Cl)cn2)c(F)c1.N/C(=N/O)c1ccc(C(=O)Nc2ccc(F)cc2C(=O)Nc2ccc(Cl)cn2)cc1.N/C(=N/O)c1ccc(C(=O)Nc2ccccc2C(=O)Nc2ccc(Cl)cn2)c(F)c1. The van der Waals surface area contributed by atoms with Gasteiger partial charge in [0, 0.05) is 47.9 Å². The quantitative estimate of drug-likeness (QED) is 0.0197. The fourth-order valence-corrected chi connectivity index (χ4v) is 7.96. The number of halogens is 6. The number of carbonyl (C=O) groups is 6. The lowest BCUT2D eigenvalue weighted by molar-refractivity contribution is 0.100. The van der Waals surface area contributed by atoms with Crippen molar-refractivity contribution in [3.63, 3.8) is 0 Å². The number of amides is 6. The van der Waals surface area contributed by atoms with Crippen LogP contribution in [0.2, 0.25) is 15.1 Å². The molecule has 0 aliphatic rings. The molecule has 0 saturated heterocycles. The van der Waals surface area contributed by atoms with Crippen molar-refractivity contribution >= 4 is 122 Å². The second kappa shape index (κ2) is 31.1. The normalized spacial score (nSPS) is 11.1. The maximum atomic E-state index is 14.4. The van der Waals surface area contributed by atoms with Crippen LogP contribution in [0.5, 0.6) is 0 Å². The van der Waals surface area contributed by atoms with E-state index in [1.807, 2.05) is 0 Å². The topological polar surface area (TPSA) is 369 Å². The van der Waals surface area contributed by atoms with Gasteiger partial charge in [0.2, 0.25) is 0 Å².